The zero-order chi connectivity index (χ0) is 20.0. The fourth-order valence-electron chi connectivity index (χ4n) is 2.87. The number of hydrogen-bond donors (Lipinski definition) is 3. The van der Waals surface area contributed by atoms with Gasteiger partial charge < -0.3 is 25.2 Å². The monoisotopic (exact) mass is 378 g/mol. The molecule has 2 amide bonds. The van der Waals surface area contributed by atoms with E-state index >= 15 is 0 Å². The molecule has 0 saturated carbocycles. The average molecular weight is 378 g/mol. The number of carbonyl (C=O) groups excluding carboxylic acids is 2. The number of hydrogen-bond acceptors (Lipinski definition) is 5. The molecule has 1 aromatic carbocycles. The first-order chi connectivity index (χ1) is 12.8. The Balaban J connectivity index is 2.13. The van der Waals surface area contributed by atoms with Crippen LogP contribution in [-0.2, 0) is 14.4 Å². The highest BCUT2D eigenvalue weighted by Crippen LogP contribution is 2.34. The molecule has 2 rings (SSSR count). The van der Waals surface area contributed by atoms with Gasteiger partial charge in [-0.3, -0.25) is 9.59 Å². The van der Waals surface area contributed by atoms with Crippen molar-refractivity contribution in [2.24, 2.45) is 5.92 Å². The molecule has 0 saturated heterocycles. The van der Waals surface area contributed by atoms with Crippen LogP contribution in [0.2, 0.25) is 0 Å². The van der Waals surface area contributed by atoms with Crippen molar-refractivity contribution in [2.45, 2.75) is 45.7 Å². The summed E-state index contributed by atoms with van der Waals surface area (Å²) in [6.45, 7) is 6.28. The second-order valence-electron chi connectivity index (χ2n) is 6.84. The van der Waals surface area contributed by atoms with Gasteiger partial charge in [0.05, 0.1) is 25.7 Å². The van der Waals surface area contributed by atoms with Crippen molar-refractivity contribution < 1.29 is 29.0 Å². The van der Waals surface area contributed by atoms with Gasteiger partial charge in [0.25, 0.3) is 0 Å². The molecule has 1 aliphatic heterocycles. The van der Waals surface area contributed by atoms with Crippen molar-refractivity contribution in [3.63, 3.8) is 0 Å². The zero-order valence-corrected chi connectivity index (χ0v) is 15.8. The van der Waals surface area contributed by atoms with E-state index in [1.165, 1.54) is 6.92 Å². The van der Waals surface area contributed by atoms with Gasteiger partial charge in [-0.1, -0.05) is 19.9 Å². The summed E-state index contributed by atoms with van der Waals surface area (Å²) in [5, 5.41) is 14.3. The highest BCUT2D eigenvalue weighted by atomic mass is 16.5. The Labute approximate surface area is 158 Å². The Bertz CT molecular complexity index is 703. The van der Waals surface area contributed by atoms with Crippen molar-refractivity contribution in [1.29, 1.82) is 0 Å². The van der Waals surface area contributed by atoms with Crippen LogP contribution in [0.4, 0.5) is 0 Å². The van der Waals surface area contributed by atoms with Gasteiger partial charge in [0, 0.05) is 13.3 Å². The van der Waals surface area contributed by atoms with Crippen LogP contribution in [0.1, 0.15) is 45.2 Å². The lowest BCUT2D eigenvalue weighted by molar-refractivity contribution is -0.143. The molecular weight excluding hydrogens is 352 g/mol. The van der Waals surface area contributed by atoms with Crippen LogP contribution in [0.3, 0.4) is 0 Å². The minimum absolute atomic E-state index is 0.0581. The third kappa shape index (κ3) is 5.87. The number of nitrogens with one attached hydrogen (secondary N) is 2. The smallest absolute Gasteiger partial charge is 0.326 e. The number of rotatable bonds is 7. The third-order valence-electron chi connectivity index (χ3n) is 4.18. The Hall–Kier alpha value is -2.77. The molecule has 0 fully saturated rings. The van der Waals surface area contributed by atoms with E-state index < -0.39 is 23.8 Å². The summed E-state index contributed by atoms with van der Waals surface area (Å²) >= 11 is 0. The van der Waals surface area contributed by atoms with E-state index in [-0.39, 0.29) is 18.4 Å². The first-order valence-electron chi connectivity index (χ1n) is 8.96. The maximum absolute atomic E-state index is 12.4. The van der Waals surface area contributed by atoms with Crippen LogP contribution < -0.4 is 20.1 Å². The molecule has 0 spiro atoms. The van der Waals surface area contributed by atoms with Crippen molar-refractivity contribution in [2.75, 3.05) is 13.2 Å². The first kappa shape index (κ1) is 20.5. The molecule has 0 radical (unpaired) electrons. The molecule has 3 N–H and O–H groups in total. The minimum atomic E-state index is -1.26. The molecule has 0 bridgehead atoms. The Morgan fingerprint density at radius 3 is 2.37 bits per heavy atom. The molecule has 1 unspecified atom stereocenters. The van der Waals surface area contributed by atoms with Gasteiger partial charge in [-0.05, 0) is 23.6 Å². The fourth-order valence-corrected chi connectivity index (χ4v) is 2.87. The summed E-state index contributed by atoms with van der Waals surface area (Å²) in [6, 6.07) is 3.92. The summed E-state index contributed by atoms with van der Waals surface area (Å²) in [5.74, 6) is -0.853. The van der Waals surface area contributed by atoms with E-state index in [9.17, 15) is 14.4 Å². The molecule has 8 heteroatoms. The summed E-state index contributed by atoms with van der Waals surface area (Å²) < 4.78 is 11.3. The molecular formula is C19H26N2O6. The Kier molecular flexibility index (Phi) is 7.04. The molecule has 1 aromatic rings. The van der Waals surface area contributed by atoms with Gasteiger partial charge in [-0.25, -0.2) is 4.79 Å². The number of carbonyl (C=O) groups is 3. The van der Waals surface area contributed by atoms with Gasteiger partial charge >= 0.3 is 5.97 Å². The summed E-state index contributed by atoms with van der Waals surface area (Å²) in [5.41, 5.74) is 0.842. The number of fused-ring (bicyclic) bond motifs is 1. The third-order valence-corrected chi connectivity index (χ3v) is 4.18. The van der Waals surface area contributed by atoms with Crippen LogP contribution in [0.5, 0.6) is 11.5 Å². The van der Waals surface area contributed by atoms with Gasteiger partial charge in [0.1, 0.15) is 6.04 Å². The molecule has 1 aliphatic rings. The zero-order valence-electron chi connectivity index (χ0n) is 15.8. The van der Waals surface area contributed by atoms with Crippen molar-refractivity contribution in [3.05, 3.63) is 23.8 Å². The van der Waals surface area contributed by atoms with Crippen LogP contribution >= 0.6 is 0 Å². The molecule has 0 aliphatic carbocycles. The van der Waals surface area contributed by atoms with Crippen molar-refractivity contribution in [3.8, 4) is 11.5 Å². The van der Waals surface area contributed by atoms with Crippen molar-refractivity contribution in [1.82, 2.24) is 10.6 Å². The number of amides is 2. The van der Waals surface area contributed by atoms with E-state index in [4.69, 9.17) is 14.6 Å². The number of aliphatic carboxylic acids is 1. The SMILES string of the molecule is CC(=O)N[C@@H](CC(=O)NC(c1ccc2c(c1)OCCCO2)C(C)C)C(=O)O. The van der Waals surface area contributed by atoms with Gasteiger partial charge in [-0.15, -0.1) is 0 Å². The quantitative estimate of drug-likeness (QED) is 0.665. The lowest BCUT2D eigenvalue weighted by atomic mass is 9.95. The molecule has 2 atom stereocenters. The predicted molar refractivity (Wildman–Crippen MR) is 97.6 cm³/mol. The Morgan fingerprint density at radius 1 is 1.11 bits per heavy atom. The topological polar surface area (TPSA) is 114 Å². The van der Waals surface area contributed by atoms with Gasteiger partial charge in [0.15, 0.2) is 11.5 Å². The average Bonchev–Trinajstić information content (AvgIpc) is 2.83. The fraction of sp³-hybridized carbons (Fsp3) is 0.526. The molecule has 27 heavy (non-hydrogen) atoms. The van der Waals surface area contributed by atoms with E-state index in [0.717, 1.165) is 12.0 Å². The molecule has 8 nitrogen and oxygen atoms in total. The van der Waals surface area contributed by atoms with Gasteiger partial charge in [-0.2, -0.15) is 0 Å². The van der Waals surface area contributed by atoms with Crippen LogP contribution in [0.15, 0.2) is 18.2 Å². The predicted octanol–water partition coefficient (Wildman–Crippen LogP) is 1.64. The van der Waals surface area contributed by atoms with Crippen molar-refractivity contribution >= 4 is 17.8 Å². The van der Waals surface area contributed by atoms with Gasteiger partial charge in [0.2, 0.25) is 11.8 Å². The minimum Gasteiger partial charge on any atom is -0.490 e. The van der Waals surface area contributed by atoms with Crippen LogP contribution in [-0.4, -0.2) is 42.1 Å². The second-order valence-corrected chi connectivity index (χ2v) is 6.84. The summed E-state index contributed by atoms with van der Waals surface area (Å²) in [6.07, 6.45) is 0.455. The lowest BCUT2D eigenvalue weighted by Gasteiger charge is -2.24. The highest BCUT2D eigenvalue weighted by molar-refractivity contribution is 5.88. The molecule has 1 heterocycles. The molecule has 0 aromatic heterocycles. The maximum atomic E-state index is 12.4. The van der Waals surface area contributed by atoms with E-state index in [1.54, 1.807) is 0 Å². The van der Waals surface area contributed by atoms with E-state index in [0.29, 0.717) is 24.7 Å². The number of benzene rings is 1. The first-order valence-corrected chi connectivity index (χ1v) is 8.96. The van der Waals surface area contributed by atoms with E-state index in [1.807, 2.05) is 32.0 Å². The largest absolute Gasteiger partial charge is 0.490 e. The summed E-state index contributed by atoms with van der Waals surface area (Å²) in [4.78, 5) is 34.7. The second kappa shape index (κ2) is 9.25. The van der Waals surface area contributed by atoms with Crippen LogP contribution in [0.25, 0.3) is 0 Å². The Morgan fingerprint density at radius 2 is 1.78 bits per heavy atom. The maximum Gasteiger partial charge on any atom is 0.326 e. The van der Waals surface area contributed by atoms with Crippen LogP contribution in [0, 0.1) is 5.92 Å². The molecule has 148 valence electrons. The highest BCUT2D eigenvalue weighted by Gasteiger charge is 2.26. The standard InChI is InChI=1S/C19H26N2O6/c1-11(2)18(21-17(23)10-14(19(24)25)20-12(3)22)13-5-6-15-16(9-13)27-8-4-7-26-15/h5-6,9,11,14,18H,4,7-8,10H2,1-3H3,(H,20,22)(H,21,23)(H,24,25)/t14-,18?/m0/s1. The number of ether oxygens (including phenoxy) is 2. The number of carboxylic acids is 1. The normalized spacial score (nSPS) is 15.4. The summed E-state index contributed by atoms with van der Waals surface area (Å²) in [7, 11) is 0. The number of carboxylic acid groups (broad SMARTS) is 1. The lowest BCUT2D eigenvalue weighted by Crippen LogP contribution is -2.44. The van der Waals surface area contributed by atoms with E-state index in [2.05, 4.69) is 10.6 Å².